The molecule has 2 aromatic rings. The highest BCUT2D eigenvalue weighted by atomic mass is 35.5. The highest BCUT2D eigenvalue weighted by molar-refractivity contribution is 7.09. The van der Waals surface area contributed by atoms with Gasteiger partial charge in [0.1, 0.15) is 11.6 Å². The molecule has 1 aromatic heterocycles. The third kappa shape index (κ3) is 2.74. The summed E-state index contributed by atoms with van der Waals surface area (Å²) in [5.74, 6) is 0.198. The molecule has 1 heterocycles. The van der Waals surface area contributed by atoms with Crippen molar-refractivity contribution < 1.29 is 4.39 Å². The van der Waals surface area contributed by atoms with Crippen LogP contribution in [0.15, 0.2) is 12.1 Å². The first-order valence-electron chi connectivity index (χ1n) is 5.19. The summed E-state index contributed by atoms with van der Waals surface area (Å²) in [7, 11) is 0. The second kappa shape index (κ2) is 5.38. The van der Waals surface area contributed by atoms with Gasteiger partial charge in [0, 0.05) is 22.1 Å². The van der Waals surface area contributed by atoms with Gasteiger partial charge in [-0.2, -0.15) is 4.37 Å². The summed E-state index contributed by atoms with van der Waals surface area (Å²) >= 11 is 13.2. The first-order chi connectivity index (χ1) is 8.49. The van der Waals surface area contributed by atoms with Crippen LogP contribution >= 0.6 is 34.7 Å². The molecule has 0 saturated carbocycles. The topological polar surface area (TPSA) is 37.8 Å². The average molecular weight is 306 g/mol. The first kappa shape index (κ1) is 13.5. The molecule has 18 heavy (non-hydrogen) atoms. The first-order valence-corrected chi connectivity index (χ1v) is 6.72. The number of nitrogens with one attached hydrogen (secondary N) is 1. The number of hydrogen-bond acceptors (Lipinski definition) is 4. The number of rotatable bonds is 3. The maximum Gasteiger partial charge on any atom is 0.203 e. The molecule has 0 spiro atoms. The van der Waals surface area contributed by atoms with Crippen molar-refractivity contribution in [1.82, 2.24) is 9.36 Å². The quantitative estimate of drug-likeness (QED) is 0.850. The minimum absolute atomic E-state index is 0.0312. The predicted molar refractivity (Wildman–Crippen MR) is 73.1 cm³/mol. The molecule has 0 fully saturated rings. The fraction of sp³-hybridized carbons (Fsp3) is 0.273. The van der Waals surface area contributed by atoms with Crippen LogP contribution in [0.4, 0.5) is 9.52 Å². The lowest BCUT2D eigenvalue weighted by Crippen LogP contribution is -2.08. The van der Waals surface area contributed by atoms with Crippen LogP contribution in [-0.4, -0.2) is 9.36 Å². The van der Waals surface area contributed by atoms with Crippen molar-refractivity contribution in [2.45, 2.75) is 19.9 Å². The summed E-state index contributed by atoms with van der Waals surface area (Å²) in [6.07, 6.45) is 0. The van der Waals surface area contributed by atoms with Crippen molar-refractivity contribution in [3.8, 4) is 0 Å². The number of aromatic nitrogens is 2. The Morgan fingerprint density at radius 1 is 1.39 bits per heavy atom. The van der Waals surface area contributed by atoms with E-state index in [0.29, 0.717) is 21.5 Å². The summed E-state index contributed by atoms with van der Waals surface area (Å²) in [4.78, 5) is 4.17. The minimum atomic E-state index is -0.488. The lowest BCUT2D eigenvalue weighted by Gasteiger charge is -2.16. The smallest absolute Gasteiger partial charge is 0.203 e. The number of anilines is 1. The van der Waals surface area contributed by atoms with E-state index in [4.69, 9.17) is 23.2 Å². The molecule has 0 aliphatic heterocycles. The zero-order chi connectivity index (χ0) is 13.3. The molecular formula is C11H10Cl2FN3S. The van der Waals surface area contributed by atoms with Crippen LogP contribution in [0.5, 0.6) is 0 Å². The van der Waals surface area contributed by atoms with E-state index >= 15 is 0 Å². The van der Waals surface area contributed by atoms with Gasteiger partial charge < -0.3 is 5.32 Å². The van der Waals surface area contributed by atoms with E-state index in [-0.39, 0.29) is 11.1 Å². The molecule has 3 nitrogen and oxygen atoms in total. The SMILES string of the molecule is Cc1nsc(NC(C)c2c(Cl)ccc(F)c2Cl)n1. The van der Waals surface area contributed by atoms with Crippen LogP contribution in [0.2, 0.25) is 10.0 Å². The van der Waals surface area contributed by atoms with Gasteiger partial charge in [0.25, 0.3) is 0 Å². The van der Waals surface area contributed by atoms with Crippen LogP contribution in [0.1, 0.15) is 24.4 Å². The maximum atomic E-state index is 13.4. The number of hydrogen-bond donors (Lipinski definition) is 1. The molecule has 1 N–H and O–H groups in total. The molecule has 2 rings (SSSR count). The Bertz CT molecular complexity index is 573. The zero-order valence-electron chi connectivity index (χ0n) is 9.67. The molecule has 96 valence electrons. The van der Waals surface area contributed by atoms with Crippen molar-refractivity contribution in [2.24, 2.45) is 0 Å². The van der Waals surface area contributed by atoms with E-state index in [1.54, 1.807) is 6.92 Å². The van der Waals surface area contributed by atoms with Crippen molar-refractivity contribution in [3.05, 3.63) is 39.4 Å². The van der Waals surface area contributed by atoms with E-state index < -0.39 is 5.82 Å². The van der Waals surface area contributed by atoms with Crippen LogP contribution in [0.25, 0.3) is 0 Å². The number of nitrogens with zero attached hydrogens (tertiary/aromatic N) is 2. The van der Waals surface area contributed by atoms with E-state index in [2.05, 4.69) is 14.7 Å². The van der Waals surface area contributed by atoms with Gasteiger partial charge >= 0.3 is 0 Å². The largest absolute Gasteiger partial charge is 0.354 e. The van der Waals surface area contributed by atoms with E-state index in [1.807, 2.05) is 6.92 Å². The van der Waals surface area contributed by atoms with E-state index in [9.17, 15) is 4.39 Å². The summed E-state index contributed by atoms with van der Waals surface area (Å²) in [6.45, 7) is 3.64. The summed E-state index contributed by atoms with van der Waals surface area (Å²) in [5, 5.41) is 4.20. The zero-order valence-corrected chi connectivity index (χ0v) is 12.0. The predicted octanol–water partition coefficient (Wildman–Crippen LogP) is 4.47. The Morgan fingerprint density at radius 2 is 2.11 bits per heavy atom. The fourth-order valence-corrected chi connectivity index (χ4v) is 2.91. The van der Waals surface area contributed by atoms with Crippen LogP contribution in [-0.2, 0) is 0 Å². The van der Waals surface area contributed by atoms with Gasteiger partial charge in [-0.15, -0.1) is 0 Å². The lowest BCUT2D eigenvalue weighted by molar-refractivity contribution is 0.624. The van der Waals surface area contributed by atoms with Gasteiger partial charge in [-0.05, 0) is 26.0 Å². The van der Waals surface area contributed by atoms with Crippen LogP contribution < -0.4 is 5.32 Å². The lowest BCUT2D eigenvalue weighted by atomic mass is 10.1. The molecule has 0 saturated heterocycles. The molecule has 1 atom stereocenters. The highest BCUT2D eigenvalue weighted by Crippen LogP contribution is 2.34. The van der Waals surface area contributed by atoms with Crippen molar-refractivity contribution >= 4 is 39.9 Å². The van der Waals surface area contributed by atoms with Crippen molar-refractivity contribution in [2.75, 3.05) is 5.32 Å². The number of halogens is 3. The Balaban J connectivity index is 2.28. The molecule has 1 unspecified atom stereocenters. The van der Waals surface area contributed by atoms with Gasteiger partial charge in [0.05, 0.1) is 11.1 Å². The molecule has 0 amide bonds. The third-order valence-corrected chi connectivity index (χ3v) is 3.83. The van der Waals surface area contributed by atoms with Gasteiger partial charge in [0.15, 0.2) is 0 Å². The molecule has 0 bridgehead atoms. The average Bonchev–Trinajstić information content (AvgIpc) is 2.70. The second-order valence-corrected chi connectivity index (χ2v) is 5.31. The van der Waals surface area contributed by atoms with Crippen molar-refractivity contribution in [1.29, 1.82) is 0 Å². The maximum absolute atomic E-state index is 13.4. The summed E-state index contributed by atoms with van der Waals surface area (Å²) < 4.78 is 17.5. The molecule has 0 aliphatic carbocycles. The Labute approximate surface area is 118 Å². The number of aryl methyl sites for hydroxylation is 1. The van der Waals surface area contributed by atoms with E-state index in [1.165, 1.54) is 23.7 Å². The minimum Gasteiger partial charge on any atom is -0.354 e. The highest BCUT2D eigenvalue weighted by Gasteiger charge is 2.18. The molecule has 0 aliphatic rings. The van der Waals surface area contributed by atoms with E-state index in [0.717, 1.165) is 0 Å². The van der Waals surface area contributed by atoms with Gasteiger partial charge in [-0.25, -0.2) is 9.37 Å². The molecule has 1 aromatic carbocycles. The van der Waals surface area contributed by atoms with Gasteiger partial charge in [0.2, 0.25) is 5.13 Å². The Morgan fingerprint density at radius 3 is 2.72 bits per heavy atom. The Kier molecular flexibility index (Phi) is 4.04. The second-order valence-electron chi connectivity index (χ2n) is 3.77. The molecule has 7 heteroatoms. The summed E-state index contributed by atoms with van der Waals surface area (Å²) in [6, 6.07) is 2.48. The van der Waals surface area contributed by atoms with Crippen LogP contribution in [0.3, 0.4) is 0 Å². The van der Waals surface area contributed by atoms with Gasteiger partial charge in [-0.1, -0.05) is 23.2 Å². The normalized spacial score (nSPS) is 12.5. The molecule has 0 radical (unpaired) electrons. The Hall–Kier alpha value is -0.910. The standard InChI is InChI=1S/C11H10Cl2FN3S/c1-5(15-11-16-6(2)17-18-11)9-7(12)3-4-8(14)10(9)13/h3-5H,1-2H3,(H,15,16,17). The van der Waals surface area contributed by atoms with Crippen molar-refractivity contribution in [3.63, 3.8) is 0 Å². The fourth-order valence-electron chi connectivity index (χ4n) is 1.55. The van der Waals surface area contributed by atoms with Crippen LogP contribution in [0, 0.1) is 12.7 Å². The van der Waals surface area contributed by atoms with Gasteiger partial charge in [-0.3, -0.25) is 0 Å². The number of benzene rings is 1. The summed E-state index contributed by atoms with van der Waals surface area (Å²) in [5.41, 5.74) is 0.520. The molecular weight excluding hydrogens is 296 g/mol. The third-order valence-electron chi connectivity index (χ3n) is 2.38. The monoisotopic (exact) mass is 305 g/mol.